The SMILES string of the molecule is COc1ccc(S(=O)(=O)N(C)Cc2cccc(F)c2)c(Cl)c1Cl. The van der Waals surface area contributed by atoms with Gasteiger partial charge < -0.3 is 4.74 Å². The monoisotopic (exact) mass is 377 g/mol. The number of methoxy groups -OCH3 is 1. The first-order valence-corrected chi connectivity index (χ1v) is 8.69. The molecule has 0 aliphatic rings. The summed E-state index contributed by atoms with van der Waals surface area (Å²) in [5.74, 6) is -0.151. The number of hydrogen-bond donors (Lipinski definition) is 0. The molecule has 0 amide bonds. The minimum atomic E-state index is -3.89. The van der Waals surface area contributed by atoms with Gasteiger partial charge in [0.05, 0.1) is 12.1 Å². The largest absolute Gasteiger partial charge is 0.495 e. The average molecular weight is 378 g/mol. The highest BCUT2D eigenvalue weighted by Crippen LogP contribution is 2.37. The highest BCUT2D eigenvalue weighted by Gasteiger charge is 2.26. The van der Waals surface area contributed by atoms with Gasteiger partial charge in [-0.3, -0.25) is 0 Å². The topological polar surface area (TPSA) is 46.6 Å². The molecule has 4 nitrogen and oxygen atoms in total. The summed E-state index contributed by atoms with van der Waals surface area (Å²) in [7, 11) is -1.10. The summed E-state index contributed by atoms with van der Waals surface area (Å²) in [6, 6.07) is 8.47. The van der Waals surface area contributed by atoms with Crippen LogP contribution in [0.3, 0.4) is 0 Å². The van der Waals surface area contributed by atoms with Crippen LogP contribution in [0.25, 0.3) is 0 Å². The lowest BCUT2D eigenvalue weighted by molar-refractivity contribution is 0.414. The Bertz CT molecular complexity index is 827. The minimum absolute atomic E-state index is 0.0000699. The lowest BCUT2D eigenvalue weighted by atomic mass is 10.2. The van der Waals surface area contributed by atoms with Crippen molar-refractivity contribution in [3.05, 3.63) is 57.8 Å². The van der Waals surface area contributed by atoms with Crippen LogP contribution in [0.2, 0.25) is 10.0 Å². The number of hydrogen-bond acceptors (Lipinski definition) is 3. The molecule has 0 aliphatic carbocycles. The number of nitrogens with zero attached hydrogens (tertiary/aromatic N) is 1. The van der Waals surface area contributed by atoms with Gasteiger partial charge in [-0.25, -0.2) is 12.8 Å². The van der Waals surface area contributed by atoms with Crippen molar-refractivity contribution in [2.45, 2.75) is 11.4 Å². The molecule has 0 saturated carbocycles. The van der Waals surface area contributed by atoms with Crippen LogP contribution in [0, 0.1) is 5.82 Å². The molecular weight excluding hydrogens is 364 g/mol. The van der Waals surface area contributed by atoms with E-state index < -0.39 is 15.8 Å². The number of ether oxygens (including phenoxy) is 1. The summed E-state index contributed by atoms with van der Waals surface area (Å²) in [4.78, 5) is -0.135. The molecule has 0 unspecified atom stereocenters. The predicted molar refractivity (Wildman–Crippen MR) is 88.1 cm³/mol. The number of halogens is 3. The second kappa shape index (κ2) is 7.05. The Morgan fingerprint density at radius 1 is 1.17 bits per heavy atom. The maximum Gasteiger partial charge on any atom is 0.244 e. The zero-order chi connectivity index (χ0) is 17.2. The zero-order valence-electron chi connectivity index (χ0n) is 12.4. The molecule has 0 bridgehead atoms. The zero-order valence-corrected chi connectivity index (χ0v) is 14.7. The van der Waals surface area contributed by atoms with Crippen LogP contribution in [0.1, 0.15) is 5.56 Å². The van der Waals surface area contributed by atoms with Gasteiger partial charge in [-0.15, -0.1) is 0 Å². The Hall–Kier alpha value is -1.34. The van der Waals surface area contributed by atoms with E-state index >= 15 is 0 Å². The van der Waals surface area contributed by atoms with Gasteiger partial charge in [-0.1, -0.05) is 35.3 Å². The van der Waals surface area contributed by atoms with E-state index in [1.165, 1.54) is 44.5 Å². The number of rotatable bonds is 5. The molecule has 0 atom stereocenters. The van der Waals surface area contributed by atoms with Gasteiger partial charge in [0, 0.05) is 13.6 Å². The molecule has 2 aromatic rings. The lowest BCUT2D eigenvalue weighted by Gasteiger charge is -2.19. The molecule has 0 aromatic heterocycles. The first kappa shape index (κ1) is 18.0. The van der Waals surface area contributed by atoms with E-state index in [0.717, 1.165) is 4.31 Å². The summed E-state index contributed by atoms with van der Waals surface area (Å²) >= 11 is 12.1. The molecule has 0 heterocycles. The fourth-order valence-electron chi connectivity index (χ4n) is 2.02. The second-order valence-electron chi connectivity index (χ2n) is 4.78. The Labute approximate surface area is 144 Å². The summed E-state index contributed by atoms with van der Waals surface area (Å²) < 4.78 is 44.6. The molecule has 8 heteroatoms. The normalized spacial score (nSPS) is 11.7. The third-order valence-electron chi connectivity index (χ3n) is 3.21. The van der Waals surface area contributed by atoms with E-state index in [1.54, 1.807) is 6.07 Å². The van der Waals surface area contributed by atoms with Crippen molar-refractivity contribution in [3.8, 4) is 5.75 Å². The highest BCUT2D eigenvalue weighted by molar-refractivity contribution is 7.89. The quantitative estimate of drug-likeness (QED) is 0.791. The van der Waals surface area contributed by atoms with E-state index in [-0.39, 0.29) is 27.2 Å². The predicted octanol–water partition coefficient (Wildman–Crippen LogP) is 3.96. The average Bonchev–Trinajstić information content (AvgIpc) is 2.49. The third kappa shape index (κ3) is 3.77. The van der Waals surface area contributed by atoms with E-state index in [2.05, 4.69) is 0 Å². The van der Waals surface area contributed by atoms with Crippen LogP contribution >= 0.6 is 23.2 Å². The van der Waals surface area contributed by atoms with Crippen molar-refractivity contribution in [1.29, 1.82) is 0 Å². The summed E-state index contributed by atoms with van der Waals surface area (Å²) in [6.07, 6.45) is 0. The highest BCUT2D eigenvalue weighted by atomic mass is 35.5. The summed E-state index contributed by atoms with van der Waals surface area (Å²) in [5, 5.41) is -0.0912. The Balaban J connectivity index is 2.36. The molecule has 124 valence electrons. The number of sulfonamides is 1. The van der Waals surface area contributed by atoms with E-state index in [1.807, 2.05) is 0 Å². The molecular formula is C15H14Cl2FNO3S. The van der Waals surface area contributed by atoms with Crippen molar-refractivity contribution in [3.63, 3.8) is 0 Å². The molecule has 0 aliphatic heterocycles. The van der Waals surface area contributed by atoms with E-state index in [4.69, 9.17) is 27.9 Å². The summed E-state index contributed by atoms with van der Waals surface area (Å²) in [5.41, 5.74) is 0.520. The molecule has 2 aromatic carbocycles. The van der Waals surface area contributed by atoms with Crippen LogP contribution < -0.4 is 4.74 Å². The molecule has 0 N–H and O–H groups in total. The van der Waals surface area contributed by atoms with Gasteiger partial charge in [-0.05, 0) is 29.8 Å². The molecule has 23 heavy (non-hydrogen) atoms. The van der Waals surface area contributed by atoms with Gasteiger partial charge >= 0.3 is 0 Å². The molecule has 0 spiro atoms. The number of benzene rings is 2. The maximum absolute atomic E-state index is 13.2. The van der Waals surface area contributed by atoms with Gasteiger partial charge in [0.1, 0.15) is 21.5 Å². The standard InChI is InChI=1S/C15H14Cl2FNO3S/c1-19(9-10-4-3-5-11(18)8-10)23(20,21)13-7-6-12(22-2)14(16)15(13)17/h3-8H,9H2,1-2H3. The Morgan fingerprint density at radius 3 is 2.48 bits per heavy atom. The smallest absolute Gasteiger partial charge is 0.244 e. The van der Waals surface area contributed by atoms with Crippen molar-refractivity contribution < 1.29 is 17.5 Å². The van der Waals surface area contributed by atoms with Crippen LogP contribution in [0.5, 0.6) is 5.75 Å². The van der Waals surface area contributed by atoms with Crippen molar-refractivity contribution >= 4 is 33.2 Å². The second-order valence-corrected chi connectivity index (χ2v) is 7.55. The van der Waals surface area contributed by atoms with Gasteiger partial charge in [-0.2, -0.15) is 4.31 Å². The van der Waals surface area contributed by atoms with Crippen molar-refractivity contribution in [2.75, 3.05) is 14.2 Å². The van der Waals surface area contributed by atoms with Crippen LogP contribution in [0.4, 0.5) is 4.39 Å². The minimum Gasteiger partial charge on any atom is -0.495 e. The van der Waals surface area contributed by atoms with Gasteiger partial charge in [0.25, 0.3) is 0 Å². The fraction of sp³-hybridized carbons (Fsp3) is 0.200. The first-order valence-electron chi connectivity index (χ1n) is 6.50. The van der Waals surface area contributed by atoms with E-state index in [0.29, 0.717) is 5.56 Å². The molecule has 0 saturated heterocycles. The summed E-state index contributed by atoms with van der Waals surface area (Å²) in [6.45, 7) is 0.0000699. The Kier molecular flexibility index (Phi) is 5.52. The van der Waals surface area contributed by atoms with Gasteiger partial charge in [0.15, 0.2) is 0 Å². The van der Waals surface area contributed by atoms with Crippen molar-refractivity contribution in [1.82, 2.24) is 4.31 Å². The van der Waals surface area contributed by atoms with Crippen LogP contribution in [-0.4, -0.2) is 26.9 Å². The Morgan fingerprint density at radius 2 is 1.87 bits per heavy atom. The fourth-order valence-corrected chi connectivity index (χ4v) is 3.99. The third-order valence-corrected chi connectivity index (χ3v) is 6.04. The van der Waals surface area contributed by atoms with Crippen LogP contribution in [-0.2, 0) is 16.6 Å². The molecule has 2 rings (SSSR count). The van der Waals surface area contributed by atoms with Crippen LogP contribution in [0.15, 0.2) is 41.3 Å². The van der Waals surface area contributed by atoms with Crippen molar-refractivity contribution in [2.24, 2.45) is 0 Å². The maximum atomic E-state index is 13.2. The van der Waals surface area contributed by atoms with E-state index in [9.17, 15) is 12.8 Å². The molecule has 0 fully saturated rings. The lowest BCUT2D eigenvalue weighted by Crippen LogP contribution is -2.26. The first-order chi connectivity index (χ1) is 10.8. The van der Waals surface area contributed by atoms with Gasteiger partial charge in [0.2, 0.25) is 10.0 Å². The molecule has 0 radical (unpaired) electrons.